The number of halogens is 1. The van der Waals surface area contributed by atoms with Gasteiger partial charge in [-0.05, 0) is 24.3 Å². The van der Waals surface area contributed by atoms with Crippen molar-refractivity contribution in [1.29, 1.82) is 5.26 Å². The zero-order chi connectivity index (χ0) is 20.8. The molecule has 29 heavy (non-hydrogen) atoms. The van der Waals surface area contributed by atoms with Crippen LogP contribution < -0.4 is 10.3 Å². The minimum absolute atomic E-state index is 0.0919. The Hall–Kier alpha value is -3.84. The molecule has 0 bridgehead atoms. The Bertz CT molecular complexity index is 1010. The summed E-state index contributed by atoms with van der Waals surface area (Å²) in [6, 6.07) is 9.60. The van der Waals surface area contributed by atoms with Crippen LogP contribution in [0.5, 0.6) is 0 Å². The molecule has 1 N–H and O–H groups in total. The van der Waals surface area contributed by atoms with Gasteiger partial charge < -0.3 is 9.64 Å². The summed E-state index contributed by atoms with van der Waals surface area (Å²) >= 11 is 0. The quantitative estimate of drug-likeness (QED) is 0.469. The molecule has 148 valence electrons. The number of hydrogen-bond donors (Lipinski definition) is 1. The van der Waals surface area contributed by atoms with Crippen LogP contribution in [-0.4, -0.2) is 43.3 Å². The molecule has 0 unspecified atom stereocenters. The number of carbonyl (C=O) groups excluding carboxylic acids is 1. The number of nitro groups is 1. The number of ether oxygens (including phenoxy) is 1. The lowest BCUT2D eigenvalue weighted by Crippen LogP contribution is -2.36. The summed E-state index contributed by atoms with van der Waals surface area (Å²) in [5.74, 6) is -1.65. The number of morpholine rings is 1. The average Bonchev–Trinajstić information content (AvgIpc) is 2.74. The number of nitriles is 1. The predicted octanol–water partition coefficient (Wildman–Crippen LogP) is 2.21. The maximum Gasteiger partial charge on any atom is 0.274 e. The van der Waals surface area contributed by atoms with Gasteiger partial charge in [0.2, 0.25) is 0 Å². The smallest absolute Gasteiger partial charge is 0.274 e. The largest absolute Gasteiger partial charge is 0.378 e. The Morgan fingerprint density at radius 1 is 1.31 bits per heavy atom. The number of non-ortho nitro benzene ring substituents is 1. The van der Waals surface area contributed by atoms with Gasteiger partial charge in [0.25, 0.3) is 11.6 Å². The van der Waals surface area contributed by atoms with Gasteiger partial charge in [0.05, 0.1) is 41.5 Å². The third kappa shape index (κ3) is 4.72. The van der Waals surface area contributed by atoms with Crippen LogP contribution in [0.2, 0.25) is 0 Å². The SMILES string of the molecule is N#Cc1ccc(C(=O)N/N=C/c2cc([N+](=O)[O-])ccc2N2CCOCC2)c(F)c1. The fraction of sp³-hybridized carbons (Fsp3) is 0.211. The Labute approximate surface area is 165 Å². The summed E-state index contributed by atoms with van der Waals surface area (Å²) in [5, 5.41) is 23.7. The number of amides is 1. The highest BCUT2D eigenvalue weighted by molar-refractivity contribution is 5.96. The lowest BCUT2D eigenvalue weighted by Gasteiger charge is -2.29. The van der Waals surface area contributed by atoms with Crippen LogP contribution >= 0.6 is 0 Å². The van der Waals surface area contributed by atoms with Gasteiger partial charge in [0, 0.05) is 36.5 Å². The van der Waals surface area contributed by atoms with Gasteiger partial charge in [-0.3, -0.25) is 14.9 Å². The minimum atomic E-state index is -0.846. The highest BCUT2D eigenvalue weighted by Gasteiger charge is 2.17. The van der Waals surface area contributed by atoms with Crippen LogP contribution in [0, 0.1) is 27.3 Å². The van der Waals surface area contributed by atoms with Crippen molar-refractivity contribution in [2.24, 2.45) is 5.10 Å². The zero-order valence-corrected chi connectivity index (χ0v) is 15.2. The Kier molecular flexibility index (Phi) is 6.11. The van der Waals surface area contributed by atoms with Gasteiger partial charge in [-0.25, -0.2) is 9.82 Å². The number of anilines is 1. The molecule has 0 spiro atoms. The van der Waals surface area contributed by atoms with Gasteiger partial charge in [0.15, 0.2) is 0 Å². The predicted molar refractivity (Wildman–Crippen MR) is 102 cm³/mol. The molecule has 1 amide bonds. The van der Waals surface area contributed by atoms with Gasteiger partial charge >= 0.3 is 0 Å². The van der Waals surface area contributed by atoms with Crippen molar-refractivity contribution in [3.63, 3.8) is 0 Å². The molecule has 1 heterocycles. The minimum Gasteiger partial charge on any atom is -0.378 e. The first kappa shape index (κ1) is 19.9. The third-order valence-corrected chi connectivity index (χ3v) is 4.29. The number of carbonyl (C=O) groups is 1. The second kappa shape index (κ2) is 8.90. The number of hydrazone groups is 1. The number of nitrogens with zero attached hydrogens (tertiary/aromatic N) is 4. The Morgan fingerprint density at radius 3 is 2.72 bits per heavy atom. The van der Waals surface area contributed by atoms with Crippen molar-refractivity contribution >= 4 is 23.5 Å². The fourth-order valence-corrected chi connectivity index (χ4v) is 2.84. The first-order valence-electron chi connectivity index (χ1n) is 8.64. The van der Waals surface area contributed by atoms with E-state index in [1.54, 1.807) is 12.1 Å². The standard InChI is InChI=1S/C19H16FN5O4/c20-17-9-13(11-21)1-3-16(17)19(26)23-22-12-14-10-15(25(27)28)2-4-18(14)24-5-7-29-8-6-24/h1-4,9-10,12H,5-8H2,(H,23,26)/b22-12+. The summed E-state index contributed by atoms with van der Waals surface area (Å²) in [4.78, 5) is 24.7. The Morgan fingerprint density at radius 2 is 2.07 bits per heavy atom. The van der Waals surface area contributed by atoms with Crippen LogP contribution in [0.3, 0.4) is 0 Å². The highest BCUT2D eigenvalue weighted by atomic mass is 19.1. The lowest BCUT2D eigenvalue weighted by atomic mass is 10.1. The van der Waals surface area contributed by atoms with E-state index in [0.29, 0.717) is 37.6 Å². The van der Waals surface area contributed by atoms with E-state index in [1.165, 1.54) is 30.5 Å². The molecular weight excluding hydrogens is 381 g/mol. The molecule has 0 aromatic heterocycles. The van der Waals surface area contributed by atoms with Crippen LogP contribution in [0.4, 0.5) is 15.8 Å². The zero-order valence-electron chi connectivity index (χ0n) is 15.2. The van der Waals surface area contributed by atoms with Crippen molar-refractivity contribution in [3.8, 4) is 6.07 Å². The fourth-order valence-electron chi connectivity index (χ4n) is 2.84. The van der Waals surface area contributed by atoms with Crippen LogP contribution in [0.15, 0.2) is 41.5 Å². The first-order valence-corrected chi connectivity index (χ1v) is 8.64. The molecule has 1 fully saturated rings. The molecule has 0 atom stereocenters. The maximum atomic E-state index is 13.9. The van der Waals surface area contributed by atoms with E-state index in [1.807, 2.05) is 4.90 Å². The second-order valence-electron chi connectivity index (χ2n) is 6.11. The van der Waals surface area contributed by atoms with Crippen LogP contribution in [0.1, 0.15) is 21.5 Å². The Balaban J connectivity index is 1.81. The molecule has 2 aromatic carbocycles. The molecule has 1 saturated heterocycles. The molecule has 1 aliphatic rings. The summed E-state index contributed by atoms with van der Waals surface area (Å²) in [5.41, 5.74) is 3.05. The van der Waals surface area contributed by atoms with Crippen molar-refractivity contribution < 1.29 is 18.8 Å². The first-order chi connectivity index (χ1) is 14.0. The number of hydrogen-bond acceptors (Lipinski definition) is 7. The van der Waals surface area contributed by atoms with Crippen LogP contribution in [0.25, 0.3) is 0 Å². The van der Waals surface area contributed by atoms with E-state index in [2.05, 4.69) is 10.5 Å². The molecule has 0 aliphatic carbocycles. The molecule has 3 rings (SSSR count). The van der Waals surface area contributed by atoms with Crippen molar-refractivity contribution in [2.75, 3.05) is 31.2 Å². The number of nitro benzene ring substituents is 1. The van der Waals surface area contributed by atoms with Gasteiger partial charge in [-0.15, -0.1) is 0 Å². The topological polar surface area (TPSA) is 121 Å². The number of rotatable bonds is 5. The summed E-state index contributed by atoms with van der Waals surface area (Å²) in [7, 11) is 0. The average molecular weight is 397 g/mol. The van der Waals surface area contributed by atoms with E-state index in [9.17, 15) is 19.3 Å². The number of benzene rings is 2. The lowest BCUT2D eigenvalue weighted by molar-refractivity contribution is -0.384. The van der Waals surface area contributed by atoms with Gasteiger partial charge in [-0.1, -0.05) is 0 Å². The number of nitrogens with one attached hydrogen (secondary N) is 1. The van der Waals surface area contributed by atoms with E-state index in [0.717, 1.165) is 6.07 Å². The van der Waals surface area contributed by atoms with Gasteiger partial charge in [-0.2, -0.15) is 10.4 Å². The molecule has 9 nitrogen and oxygen atoms in total. The summed E-state index contributed by atoms with van der Waals surface area (Å²) < 4.78 is 19.2. The third-order valence-electron chi connectivity index (χ3n) is 4.29. The molecular formula is C19H16FN5O4. The molecule has 2 aromatic rings. The van der Waals surface area contributed by atoms with Gasteiger partial charge in [0.1, 0.15) is 5.82 Å². The molecule has 1 aliphatic heterocycles. The second-order valence-corrected chi connectivity index (χ2v) is 6.11. The summed E-state index contributed by atoms with van der Waals surface area (Å²) in [6.45, 7) is 2.29. The normalized spacial score (nSPS) is 13.9. The monoisotopic (exact) mass is 397 g/mol. The maximum absolute atomic E-state index is 13.9. The van der Waals surface area contributed by atoms with E-state index < -0.39 is 16.6 Å². The van der Waals surface area contributed by atoms with Crippen molar-refractivity contribution in [2.45, 2.75) is 0 Å². The van der Waals surface area contributed by atoms with E-state index in [-0.39, 0.29) is 16.8 Å². The molecule has 0 saturated carbocycles. The van der Waals surface area contributed by atoms with E-state index in [4.69, 9.17) is 10.00 Å². The summed E-state index contributed by atoms with van der Waals surface area (Å²) in [6.07, 6.45) is 1.28. The van der Waals surface area contributed by atoms with Crippen molar-refractivity contribution in [1.82, 2.24) is 5.43 Å². The molecule has 10 heteroatoms. The van der Waals surface area contributed by atoms with Crippen LogP contribution in [-0.2, 0) is 4.74 Å². The van der Waals surface area contributed by atoms with Crippen molar-refractivity contribution in [3.05, 3.63) is 69.0 Å². The molecule has 0 radical (unpaired) electrons. The van der Waals surface area contributed by atoms with E-state index >= 15 is 0 Å². The highest BCUT2D eigenvalue weighted by Crippen LogP contribution is 2.25.